The van der Waals surface area contributed by atoms with Gasteiger partial charge >= 0.3 is 0 Å². The highest BCUT2D eigenvalue weighted by atomic mass is 16.7. The van der Waals surface area contributed by atoms with Crippen LogP contribution < -0.4 is 0 Å². The molecule has 4 aliphatic rings. The van der Waals surface area contributed by atoms with Gasteiger partial charge in [-0.05, 0) is 0 Å². The van der Waals surface area contributed by atoms with E-state index in [2.05, 4.69) is 0 Å². The van der Waals surface area contributed by atoms with Crippen LogP contribution in [-0.4, -0.2) is 96.3 Å². The van der Waals surface area contributed by atoms with Crippen molar-refractivity contribution in [1.29, 1.82) is 0 Å². The van der Waals surface area contributed by atoms with Crippen molar-refractivity contribution < 1.29 is 37.9 Å². The highest BCUT2D eigenvalue weighted by Crippen LogP contribution is 2.28. The Morgan fingerprint density at radius 3 is 1.32 bits per heavy atom. The van der Waals surface area contributed by atoms with Gasteiger partial charge in [-0.25, -0.2) is 0 Å². The van der Waals surface area contributed by atoms with Crippen LogP contribution in [0.15, 0.2) is 0 Å². The van der Waals surface area contributed by atoms with Gasteiger partial charge in [0.15, 0.2) is 5.79 Å². The fraction of sp³-hybridized carbons (Fsp3) is 1.00. The zero-order valence-corrected chi connectivity index (χ0v) is 14.6. The molecule has 4 rings (SSSR count). The maximum Gasteiger partial charge on any atom is 0.172 e. The van der Waals surface area contributed by atoms with Crippen LogP contribution in [0.2, 0.25) is 0 Å². The van der Waals surface area contributed by atoms with Gasteiger partial charge in [-0.3, -0.25) is 0 Å². The Kier molecular flexibility index (Phi) is 6.20. The van der Waals surface area contributed by atoms with Gasteiger partial charge in [0.2, 0.25) is 0 Å². The minimum atomic E-state index is -0.729. The lowest BCUT2D eigenvalue weighted by Crippen LogP contribution is -2.41. The molecule has 0 aromatic carbocycles. The SMILES string of the molecule is C(CC(CCOCC1CO1)(OCC1CO1)OCC1CO1)OCC1CO1. The van der Waals surface area contributed by atoms with Crippen LogP contribution in [0.1, 0.15) is 12.8 Å². The first-order valence-corrected chi connectivity index (χ1v) is 9.21. The smallest absolute Gasteiger partial charge is 0.172 e. The number of epoxide rings is 4. The minimum Gasteiger partial charge on any atom is -0.378 e. The summed E-state index contributed by atoms with van der Waals surface area (Å²) < 4.78 is 44.6. The first-order chi connectivity index (χ1) is 12.3. The van der Waals surface area contributed by atoms with E-state index in [1.165, 1.54) is 0 Å². The Hall–Kier alpha value is -0.320. The van der Waals surface area contributed by atoms with E-state index >= 15 is 0 Å². The zero-order valence-electron chi connectivity index (χ0n) is 14.6. The molecule has 8 heteroatoms. The van der Waals surface area contributed by atoms with E-state index in [1.807, 2.05) is 0 Å². The third-order valence-corrected chi connectivity index (χ3v) is 4.54. The van der Waals surface area contributed by atoms with Gasteiger partial charge in [0.1, 0.15) is 24.4 Å². The van der Waals surface area contributed by atoms with Crippen LogP contribution >= 0.6 is 0 Å². The molecular formula is C17H28O8. The summed E-state index contributed by atoms with van der Waals surface area (Å²) in [5.74, 6) is -0.729. The van der Waals surface area contributed by atoms with Gasteiger partial charge in [-0.2, -0.15) is 0 Å². The molecule has 4 atom stereocenters. The fourth-order valence-electron chi connectivity index (χ4n) is 2.49. The monoisotopic (exact) mass is 360 g/mol. The van der Waals surface area contributed by atoms with Crippen molar-refractivity contribution in [3.8, 4) is 0 Å². The molecule has 0 aliphatic carbocycles. The van der Waals surface area contributed by atoms with Crippen molar-refractivity contribution in [1.82, 2.24) is 0 Å². The maximum absolute atomic E-state index is 6.15. The summed E-state index contributed by atoms with van der Waals surface area (Å²) in [5, 5.41) is 0. The van der Waals surface area contributed by atoms with Gasteiger partial charge in [-0.15, -0.1) is 0 Å². The maximum atomic E-state index is 6.15. The lowest BCUT2D eigenvalue weighted by atomic mass is 10.1. The topological polar surface area (TPSA) is 87.0 Å². The van der Waals surface area contributed by atoms with Crippen molar-refractivity contribution in [2.75, 3.05) is 66.1 Å². The van der Waals surface area contributed by atoms with Gasteiger partial charge in [0.05, 0.1) is 66.1 Å². The summed E-state index contributed by atoms with van der Waals surface area (Å²) in [7, 11) is 0. The molecule has 0 aromatic rings. The van der Waals surface area contributed by atoms with Crippen LogP contribution in [0.25, 0.3) is 0 Å². The van der Waals surface area contributed by atoms with Crippen LogP contribution in [0.5, 0.6) is 0 Å². The molecule has 144 valence electrons. The molecule has 0 radical (unpaired) electrons. The summed E-state index contributed by atoms with van der Waals surface area (Å²) >= 11 is 0. The first kappa shape index (κ1) is 18.1. The van der Waals surface area contributed by atoms with Crippen molar-refractivity contribution in [2.24, 2.45) is 0 Å². The third-order valence-electron chi connectivity index (χ3n) is 4.54. The number of hydrogen-bond acceptors (Lipinski definition) is 8. The van der Waals surface area contributed by atoms with Gasteiger partial charge in [-0.1, -0.05) is 0 Å². The standard InChI is InChI=1S/C17H28O8/c1(3-18-5-13-7-20-13)17(24-11-15-9-22-15,25-12-16-10-23-16)2-4-19-6-14-8-21-14/h13-16H,1-12H2. The largest absolute Gasteiger partial charge is 0.378 e. The first-order valence-electron chi connectivity index (χ1n) is 9.21. The molecule has 4 aliphatic heterocycles. The third kappa shape index (κ3) is 7.07. The van der Waals surface area contributed by atoms with E-state index in [9.17, 15) is 0 Å². The van der Waals surface area contributed by atoms with E-state index in [-0.39, 0.29) is 24.4 Å². The van der Waals surface area contributed by atoms with E-state index in [4.69, 9.17) is 37.9 Å². The predicted octanol–water partition coefficient (Wildman–Crippen LogP) is 0.125. The lowest BCUT2D eigenvalue weighted by molar-refractivity contribution is -0.257. The van der Waals surface area contributed by atoms with Crippen molar-refractivity contribution in [2.45, 2.75) is 43.0 Å². The molecular weight excluding hydrogens is 332 g/mol. The summed E-state index contributed by atoms with van der Waals surface area (Å²) in [6.45, 7) is 6.55. The summed E-state index contributed by atoms with van der Waals surface area (Å²) in [6, 6.07) is 0. The molecule has 4 heterocycles. The lowest BCUT2D eigenvalue weighted by Gasteiger charge is -2.34. The molecule has 0 aromatic heterocycles. The molecule has 4 saturated heterocycles. The van der Waals surface area contributed by atoms with Crippen LogP contribution in [0, 0.1) is 0 Å². The fourth-order valence-corrected chi connectivity index (χ4v) is 2.49. The Morgan fingerprint density at radius 2 is 0.960 bits per heavy atom. The second kappa shape index (κ2) is 8.58. The number of hydrogen-bond donors (Lipinski definition) is 0. The van der Waals surface area contributed by atoms with E-state index < -0.39 is 5.79 Å². The Bertz CT molecular complexity index is 365. The summed E-state index contributed by atoms with van der Waals surface area (Å²) in [6.07, 6.45) is 2.17. The van der Waals surface area contributed by atoms with Crippen LogP contribution in [-0.2, 0) is 37.9 Å². The van der Waals surface area contributed by atoms with Crippen LogP contribution in [0.4, 0.5) is 0 Å². The van der Waals surface area contributed by atoms with Crippen molar-refractivity contribution >= 4 is 0 Å². The number of rotatable bonds is 16. The van der Waals surface area contributed by atoms with Gasteiger partial charge < -0.3 is 37.9 Å². The van der Waals surface area contributed by atoms with E-state index in [0.29, 0.717) is 52.5 Å². The molecule has 0 N–H and O–H groups in total. The molecule has 8 nitrogen and oxygen atoms in total. The molecule has 0 spiro atoms. The normalized spacial score (nSPS) is 34.6. The number of ether oxygens (including phenoxy) is 8. The highest BCUT2D eigenvalue weighted by molar-refractivity contribution is 4.78. The Morgan fingerprint density at radius 1 is 0.600 bits per heavy atom. The predicted molar refractivity (Wildman–Crippen MR) is 84.5 cm³/mol. The molecule has 0 amide bonds. The van der Waals surface area contributed by atoms with Gasteiger partial charge in [0, 0.05) is 12.8 Å². The Labute approximate surface area is 147 Å². The average Bonchev–Trinajstić information content (AvgIpc) is 3.49. The molecule has 4 unspecified atom stereocenters. The molecule has 4 fully saturated rings. The average molecular weight is 360 g/mol. The van der Waals surface area contributed by atoms with Crippen molar-refractivity contribution in [3.63, 3.8) is 0 Å². The second-order valence-electron chi connectivity index (χ2n) is 7.00. The molecule has 0 bridgehead atoms. The van der Waals surface area contributed by atoms with E-state index in [1.54, 1.807) is 0 Å². The van der Waals surface area contributed by atoms with Crippen LogP contribution in [0.3, 0.4) is 0 Å². The zero-order chi connectivity index (χ0) is 17.0. The Balaban J connectivity index is 1.25. The highest BCUT2D eigenvalue weighted by Gasteiger charge is 2.38. The summed E-state index contributed by atoms with van der Waals surface area (Å²) in [5.41, 5.74) is 0. The van der Waals surface area contributed by atoms with Crippen molar-refractivity contribution in [3.05, 3.63) is 0 Å². The minimum absolute atomic E-state index is 0.182. The summed E-state index contributed by atoms with van der Waals surface area (Å²) in [4.78, 5) is 0. The second-order valence-corrected chi connectivity index (χ2v) is 7.00. The molecule has 25 heavy (non-hydrogen) atoms. The van der Waals surface area contributed by atoms with E-state index in [0.717, 1.165) is 26.4 Å². The quantitative estimate of drug-likeness (QED) is 0.218. The van der Waals surface area contributed by atoms with Gasteiger partial charge in [0.25, 0.3) is 0 Å². The molecule has 0 saturated carbocycles.